The van der Waals surface area contributed by atoms with E-state index in [-0.39, 0.29) is 6.04 Å². The molecule has 4 heteroatoms. The average molecular weight is 210 g/mol. The molecule has 68 valence electrons. The number of hydrogen-bond acceptors (Lipinski definition) is 4. The van der Waals surface area contributed by atoms with Gasteiger partial charge in [-0.1, -0.05) is 0 Å². The van der Waals surface area contributed by atoms with Gasteiger partial charge in [-0.3, -0.25) is 4.98 Å². The molecule has 0 aliphatic carbocycles. The number of nitrogens with zero attached hydrogens (tertiary/aromatic N) is 1. The summed E-state index contributed by atoms with van der Waals surface area (Å²) in [6.45, 7) is 0. The van der Waals surface area contributed by atoms with E-state index < -0.39 is 0 Å². The standard InChI is InChI=1S/C9H10N2S2/c10-9(7-1-2-12-5-7)3-8-4-11-6-13-8/h1-2,4-6,9H,3,10H2. The van der Waals surface area contributed by atoms with Crippen LogP contribution in [0.25, 0.3) is 0 Å². The van der Waals surface area contributed by atoms with Crippen LogP contribution >= 0.6 is 22.7 Å². The van der Waals surface area contributed by atoms with Crippen LogP contribution in [0, 0.1) is 0 Å². The molecule has 0 bridgehead atoms. The molecule has 0 saturated heterocycles. The van der Waals surface area contributed by atoms with Crippen LogP contribution in [0.4, 0.5) is 0 Å². The van der Waals surface area contributed by atoms with Gasteiger partial charge >= 0.3 is 0 Å². The first-order chi connectivity index (χ1) is 6.36. The fourth-order valence-electron chi connectivity index (χ4n) is 1.16. The molecule has 2 rings (SSSR count). The van der Waals surface area contributed by atoms with Crippen LogP contribution in [0.3, 0.4) is 0 Å². The van der Waals surface area contributed by atoms with E-state index in [2.05, 4.69) is 21.8 Å². The molecule has 0 amide bonds. The maximum absolute atomic E-state index is 6.02. The summed E-state index contributed by atoms with van der Waals surface area (Å²) < 4.78 is 0. The molecule has 2 aromatic rings. The van der Waals surface area contributed by atoms with Crippen LogP contribution in [0.15, 0.2) is 28.5 Å². The summed E-state index contributed by atoms with van der Waals surface area (Å²) in [5.41, 5.74) is 9.08. The number of aromatic nitrogens is 1. The molecule has 1 unspecified atom stereocenters. The fourth-order valence-corrected chi connectivity index (χ4v) is 2.54. The molecule has 0 aliphatic heterocycles. The molecule has 2 nitrogen and oxygen atoms in total. The monoisotopic (exact) mass is 210 g/mol. The maximum Gasteiger partial charge on any atom is 0.0794 e. The van der Waals surface area contributed by atoms with E-state index in [9.17, 15) is 0 Å². The molecule has 0 aliphatic rings. The number of nitrogens with two attached hydrogens (primary N) is 1. The fraction of sp³-hybridized carbons (Fsp3) is 0.222. The second-order valence-corrected chi connectivity index (χ2v) is 4.59. The zero-order valence-electron chi connectivity index (χ0n) is 7.01. The first-order valence-corrected chi connectivity index (χ1v) is 5.83. The van der Waals surface area contributed by atoms with E-state index in [0.717, 1.165) is 6.42 Å². The Bertz CT molecular complexity index is 340. The zero-order valence-corrected chi connectivity index (χ0v) is 8.65. The summed E-state index contributed by atoms with van der Waals surface area (Å²) in [5.74, 6) is 0. The number of thiazole rings is 1. The van der Waals surface area contributed by atoms with Crippen molar-refractivity contribution in [2.75, 3.05) is 0 Å². The molecule has 13 heavy (non-hydrogen) atoms. The molecule has 2 aromatic heterocycles. The van der Waals surface area contributed by atoms with Crippen molar-refractivity contribution in [2.45, 2.75) is 12.5 Å². The van der Waals surface area contributed by atoms with Gasteiger partial charge < -0.3 is 5.73 Å². The highest BCUT2D eigenvalue weighted by molar-refractivity contribution is 7.09. The largest absolute Gasteiger partial charge is 0.324 e. The summed E-state index contributed by atoms with van der Waals surface area (Å²) in [6.07, 6.45) is 2.78. The number of hydrogen-bond donors (Lipinski definition) is 1. The number of rotatable bonds is 3. The lowest BCUT2D eigenvalue weighted by molar-refractivity contribution is 0.732. The molecule has 0 aromatic carbocycles. The van der Waals surface area contributed by atoms with Gasteiger partial charge in [-0.25, -0.2) is 0 Å². The van der Waals surface area contributed by atoms with Crippen molar-refractivity contribution in [1.82, 2.24) is 4.98 Å². The van der Waals surface area contributed by atoms with Gasteiger partial charge in [0.15, 0.2) is 0 Å². The molecule has 2 N–H and O–H groups in total. The first-order valence-electron chi connectivity index (χ1n) is 4.01. The molecule has 0 radical (unpaired) electrons. The third-order valence-electron chi connectivity index (χ3n) is 1.88. The van der Waals surface area contributed by atoms with E-state index in [4.69, 9.17) is 5.73 Å². The van der Waals surface area contributed by atoms with E-state index in [1.54, 1.807) is 22.7 Å². The van der Waals surface area contributed by atoms with Crippen LogP contribution in [0.2, 0.25) is 0 Å². The van der Waals surface area contributed by atoms with Crippen LogP contribution in [0.1, 0.15) is 16.5 Å². The van der Waals surface area contributed by atoms with Crippen molar-refractivity contribution in [3.63, 3.8) is 0 Å². The Morgan fingerprint density at radius 2 is 2.46 bits per heavy atom. The van der Waals surface area contributed by atoms with Gasteiger partial charge in [0.2, 0.25) is 0 Å². The van der Waals surface area contributed by atoms with Gasteiger partial charge in [0.1, 0.15) is 0 Å². The molecule has 0 spiro atoms. The van der Waals surface area contributed by atoms with Gasteiger partial charge in [-0.15, -0.1) is 11.3 Å². The van der Waals surface area contributed by atoms with Crippen LogP contribution in [-0.2, 0) is 6.42 Å². The van der Waals surface area contributed by atoms with E-state index in [1.165, 1.54) is 10.4 Å². The van der Waals surface area contributed by atoms with Gasteiger partial charge in [0, 0.05) is 23.5 Å². The van der Waals surface area contributed by atoms with Gasteiger partial charge in [0.05, 0.1) is 5.51 Å². The lowest BCUT2D eigenvalue weighted by Crippen LogP contribution is -2.11. The minimum atomic E-state index is 0.117. The zero-order chi connectivity index (χ0) is 9.10. The minimum absolute atomic E-state index is 0.117. The summed E-state index contributed by atoms with van der Waals surface area (Å²) in [7, 11) is 0. The first kappa shape index (κ1) is 8.87. The molecule has 0 saturated carbocycles. The molecule has 2 heterocycles. The normalized spacial score (nSPS) is 13.0. The highest BCUT2D eigenvalue weighted by atomic mass is 32.1. The molecular formula is C9H10N2S2. The smallest absolute Gasteiger partial charge is 0.0794 e. The third kappa shape index (κ3) is 2.15. The lowest BCUT2D eigenvalue weighted by Gasteiger charge is -2.06. The second kappa shape index (κ2) is 4.00. The van der Waals surface area contributed by atoms with E-state index in [0.29, 0.717) is 0 Å². The molecule has 0 fully saturated rings. The number of thiophene rings is 1. The predicted molar refractivity (Wildman–Crippen MR) is 57.1 cm³/mol. The van der Waals surface area contributed by atoms with Crippen molar-refractivity contribution < 1.29 is 0 Å². The summed E-state index contributed by atoms with van der Waals surface area (Å²) >= 11 is 3.35. The lowest BCUT2D eigenvalue weighted by atomic mass is 10.1. The summed E-state index contributed by atoms with van der Waals surface area (Å²) in [4.78, 5) is 5.27. The van der Waals surface area contributed by atoms with Crippen LogP contribution < -0.4 is 5.73 Å². The van der Waals surface area contributed by atoms with Crippen LogP contribution in [-0.4, -0.2) is 4.98 Å². The Hall–Kier alpha value is -0.710. The maximum atomic E-state index is 6.02. The van der Waals surface area contributed by atoms with Gasteiger partial charge in [0.25, 0.3) is 0 Å². The van der Waals surface area contributed by atoms with Crippen molar-refractivity contribution in [1.29, 1.82) is 0 Å². The van der Waals surface area contributed by atoms with Gasteiger partial charge in [-0.2, -0.15) is 11.3 Å². The average Bonchev–Trinajstić information content (AvgIpc) is 2.74. The van der Waals surface area contributed by atoms with Crippen molar-refractivity contribution in [2.24, 2.45) is 5.73 Å². The molecule has 1 atom stereocenters. The Balaban J connectivity index is 2.04. The van der Waals surface area contributed by atoms with E-state index in [1.807, 2.05) is 11.7 Å². The SMILES string of the molecule is NC(Cc1cncs1)c1ccsc1. The highest BCUT2D eigenvalue weighted by Crippen LogP contribution is 2.19. The Labute approximate surface area is 85.1 Å². The summed E-state index contributed by atoms with van der Waals surface area (Å²) in [6, 6.07) is 2.20. The van der Waals surface area contributed by atoms with E-state index >= 15 is 0 Å². The Kier molecular flexibility index (Phi) is 2.73. The predicted octanol–water partition coefficient (Wildman–Crippen LogP) is 2.45. The quantitative estimate of drug-likeness (QED) is 0.845. The minimum Gasteiger partial charge on any atom is -0.324 e. The summed E-state index contributed by atoms with van der Waals surface area (Å²) in [5, 5.41) is 4.16. The molecular weight excluding hydrogens is 200 g/mol. The Morgan fingerprint density at radius 3 is 3.08 bits per heavy atom. The topological polar surface area (TPSA) is 38.9 Å². The Morgan fingerprint density at radius 1 is 1.54 bits per heavy atom. The van der Waals surface area contributed by atoms with Crippen molar-refractivity contribution in [3.05, 3.63) is 39.0 Å². The van der Waals surface area contributed by atoms with Gasteiger partial charge in [-0.05, 0) is 22.4 Å². The van der Waals surface area contributed by atoms with Crippen molar-refractivity contribution in [3.8, 4) is 0 Å². The highest BCUT2D eigenvalue weighted by Gasteiger charge is 2.07. The third-order valence-corrected chi connectivity index (χ3v) is 3.38. The van der Waals surface area contributed by atoms with Crippen LogP contribution in [0.5, 0.6) is 0 Å². The second-order valence-electron chi connectivity index (χ2n) is 2.84. The van der Waals surface area contributed by atoms with Crippen molar-refractivity contribution >= 4 is 22.7 Å².